The van der Waals surface area contributed by atoms with E-state index in [1.54, 1.807) is 6.07 Å². The zero-order valence-electron chi connectivity index (χ0n) is 13.4. The molecule has 2 heterocycles. The molecule has 0 radical (unpaired) electrons. The fraction of sp³-hybridized carbons (Fsp3) is 0.222. The summed E-state index contributed by atoms with van der Waals surface area (Å²) in [6.45, 7) is 2.22. The van der Waals surface area contributed by atoms with Gasteiger partial charge in [0.15, 0.2) is 16.3 Å². The van der Waals surface area contributed by atoms with E-state index < -0.39 is 6.10 Å². The zero-order chi connectivity index (χ0) is 16.7. The molecule has 3 aromatic rings. The van der Waals surface area contributed by atoms with Crippen LogP contribution in [0.5, 0.6) is 11.5 Å². The minimum Gasteiger partial charge on any atom is -0.485 e. The van der Waals surface area contributed by atoms with Crippen molar-refractivity contribution in [2.24, 2.45) is 12.0 Å². The number of rotatable bonds is 1. The third-order valence-electron chi connectivity index (χ3n) is 3.95. The molecule has 4 rings (SSSR count). The number of hydrogen-bond acceptors (Lipinski definition) is 4. The Hall–Kier alpha value is -2.60. The van der Waals surface area contributed by atoms with Crippen LogP contribution in [0.3, 0.4) is 0 Å². The summed E-state index contributed by atoms with van der Waals surface area (Å²) in [5, 5.41) is 0. The summed E-state index contributed by atoms with van der Waals surface area (Å²) in [4.78, 5) is 17.4. The van der Waals surface area contributed by atoms with E-state index in [0.29, 0.717) is 16.3 Å². The first kappa shape index (κ1) is 15.0. The number of hydrogen-bond donors (Lipinski definition) is 0. The topological polar surface area (TPSA) is 52.8 Å². The van der Waals surface area contributed by atoms with Gasteiger partial charge in [0.1, 0.15) is 6.61 Å². The van der Waals surface area contributed by atoms with Gasteiger partial charge in [-0.1, -0.05) is 29.5 Å². The van der Waals surface area contributed by atoms with E-state index in [4.69, 9.17) is 9.47 Å². The molecule has 0 N–H and O–H groups in total. The number of fused-ring (bicyclic) bond motifs is 2. The summed E-state index contributed by atoms with van der Waals surface area (Å²) in [7, 11) is 1.91. The van der Waals surface area contributed by atoms with Gasteiger partial charge in [-0.05, 0) is 36.8 Å². The predicted octanol–water partition coefficient (Wildman–Crippen LogP) is 2.82. The smallest absolute Gasteiger partial charge is 0.292 e. The van der Waals surface area contributed by atoms with Gasteiger partial charge in [-0.15, -0.1) is 0 Å². The molecule has 1 aliphatic heterocycles. The Bertz CT molecular complexity index is 1000. The van der Waals surface area contributed by atoms with Gasteiger partial charge >= 0.3 is 0 Å². The van der Waals surface area contributed by atoms with Crippen LogP contribution >= 0.6 is 11.3 Å². The van der Waals surface area contributed by atoms with E-state index in [0.717, 1.165) is 10.2 Å². The summed E-state index contributed by atoms with van der Waals surface area (Å²) in [5.41, 5.74) is 2.24. The number of para-hydroxylation sites is 2. The highest BCUT2D eigenvalue weighted by atomic mass is 32.1. The van der Waals surface area contributed by atoms with Crippen molar-refractivity contribution in [2.75, 3.05) is 6.61 Å². The second kappa shape index (κ2) is 5.79. The van der Waals surface area contributed by atoms with Gasteiger partial charge < -0.3 is 14.0 Å². The Labute approximate surface area is 142 Å². The number of ether oxygens (including phenoxy) is 2. The number of aryl methyl sites for hydroxylation is 2. The van der Waals surface area contributed by atoms with Crippen molar-refractivity contribution < 1.29 is 14.3 Å². The molecule has 1 atom stereocenters. The normalized spacial score (nSPS) is 17.2. The fourth-order valence-corrected chi connectivity index (χ4v) is 3.78. The van der Waals surface area contributed by atoms with Crippen LogP contribution in [0.25, 0.3) is 10.2 Å². The lowest BCUT2D eigenvalue weighted by atomic mass is 10.2. The van der Waals surface area contributed by atoms with E-state index in [-0.39, 0.29) is 12.5 Å². The van der Waals surface area contributed by atoms with Crippen LogP contribution in [0.1, 0.15) is 5.56 Å². The highest BCUT2D eigenvalue weighted by molar-refractivity contribution is 7.16. The molecule has 1 amide bonds. The average molecular weight is 340 g/mol. The number of amides is 1. The van der Waals surface area contributed by atoms with Crippen molar-refractivity contribution in [3.05, 3.63) is 52.8 Å². The Kier molecular flexibility index (Phi) is 3.61. The zero-order valence-corrected chi connectivity index (χ0v) is 14.2. The first-order valence-electron chi connectivity index (χ1n) is 7.65. The SMILES string of the molecule is Cc1ccc2c(c1)sc(=NC(=O)C1COc3ccccc3O1)n2C. The van der Waals surface area contributed by atoms with Crippen LogP contribution < -0.4 is 14.3 Å². The summed E-state index contributed by atoms with van der Waals surface area (Å²) < 4.78 is 14.3. The molecule has 1 aromatic heterocycles. The molecule has 0 saturated carbocycles. The quantitative estimate of drug-likeness (QED) is 0.684. The van der Waals surface area contributed by atoms with Gasteiger partial charge in [0.2, 0.25) is 6.10 Å². The molecule has 5 nitrogen and oxygen atoms in total. The molecule has 6 heteroatoms. The molecule has 1 unspecified atom stereocenters. The lowest BCUT2D eigenvalue weighted by molar-refractivity contribution is -0.127. The van der Waals surface area contributed by atoms with Gasteiger partial charge in [0.05, 0.1) is 10.2 Å². The molecule has 0 aliphatic carbocycles. The third kappa shape index (κ3) is 2.59. The molecule has 122 valence electrons. The molecular formula is C18H16N2O3S. The van der Waals surface area contributed by atoms with E-state index in [9.17, 15) is 4.79 Å². The first-order chi connectivity index (χ1) is 11.6. The maximum absolute atomic E-state index is 12.5. The number of carbonyl (C=O) groups excluding carboxylic acids is 1. The van der Waals surface area contributed by atoms with Gasteiger partial charge in [0.25, 0.3) is 5.91 Å². The first-order valence-corrected chi connectivity index (χ1v) is 8.47. The number of carbonyl (C=O) groups is 1. The number of nitrogens with zero attached hydrogens (tertiary/aromatic N) is 2. The minimum absolute atomic E-state index is 0.174. The van der Waals surface area contributed by atoms with Crippen molar-refractivity contribution in [2.45, 2.75) is 13.0 Å². The minimum atomic E-state index is -0.716. The van der Waals surface area contributed by atoms with Gasteiger partial charge in [-0.25, -0.2) is 0 Å². The Balaban J connectivity index is 1.67. The molecule has 2 aromatic carbocycles. The second-order valence-electron chi connectivity index (χ2n) is 5.73. The lowest BCUT2D eigenvalue weighted by Crippen LogP contribution is -2.36. The van der Waals surface area contributed by atoms with Crippen LogP contribution in [0.4, 0.5) is 0 Å². The fourth-order valence-electron chi connectivity index (χ4n) is 2.66. The van der Waals surface area contributed by atoms with E-state index in [1.165, 1.54) is 16.9 Å². The molecule has 0 bridgehead atoms. The molecule has 0 spiro atoms. The van der Waals surface area contributed by atoms with Crippen LogP contribution in [0, 0.1) is 6.92 Å². The van der Waals surface area contributed by atoms with E-state index in [2.05, 4.69) is 17.1 Å². The van der Waals surface area contributed by atoms with Crippen LogP contribution in [0.15, 0.2) is 47.5 Å². The summed E-state index contributed by atoms with van der Waals surface area (Å²) in [6, 6.07) is 13.5. The highest BCUT2D eigenvalue weighted by Gasteiger charge is 2.27. The molecular weight excluding hydrogens is 324 g/mol. The molecule has 0 saturated heterocycles. The largest absolute Gasteiger partial charge is 0.485 e. The number of benzene rings is 2. The molecule has 1 aliphatic rings. The van der Waals surface area contributed by atoms with Crippen molar-refractivity contribution in [1.82, 2.24) is 4.57 Å². The Morgan fingerprint density at radius 2 is 2.04 bits per heavy atom. The summed E-state index contributed by atoms with van der Waals surface area (Å²) in [5.74, 6) is 0.904. The third-order valence-corrected chi connectivity index (χ3v) is 5.05. The number of aromatic nitrogens is 1. The van der Waals surface area contributed by atoms with Crippen LogP contribution in [-0.2, 0) is 11.8 Å². The van der Waals surface area contributed by atoms with Crippen molar-refractivity contribution in [3.8, 4) is 11.5 Å². The van der Waals surface area contributed by atoms with Crippen LogP contribution in [0.2, 0.25) is 0 Å². The van der Waals surface area contributed by atoms with E-state index in [1.807, 2.05) is 42.8 Å². The Morgan fingerprint density at radius 1 is 1.25 bits per heavy atom. The molecule has 24 heavy (non-hydrogen) atoms. The van der Waals surface area contributed by atoms with Crippen molar-refractivity contribution >= 4 is 27.5 Å². The average Bonchev–Trinajstić information content (AvgIpc) is 2.89. The molecule has 0 fully saturated rings. The maximum atomic E-state index is 12.5. The van der Waals surface area contributed by atoms with E-state index >= 15 is 0 Å². The standard InChI is InChI=1S/C18H16N2O3S/c1-11-7-8-12-16(9-11)24-18(20(12)2)19-17(21)15-10-22-13-5-3-4-6-14(13)23-15/h3-9,15H,10H2,1-2H3. The summed E-state index contributed by atoms with van der Waals surface area (Å²) >= 11 is 1.50. The number of thiazole rings is 1. The van der Waals surface area contributed by atoms with Crippen LogP contribution in [-0.4, -0.2) is 23.2 Å². The second-order valence-corrected chi connectivity index (χ2v) is 6.74. The van der Waals surface area contributed by atoms with Crippen molar-refractivity contribution in [1.29, 1.82) is 0 Å². The van der Waals surface area contributed by atoms with Gasteiger partial charge in [0, 0.05) is 7.05 Å². The van der Waals surface area contributed by atoms with Gasteiger partial charge in [-0.2, -0.15) is 4.99 Å². The van der Waals surface area contributed by atoms with Gasteiger partial charge in [-0.3, -0.25) is 4.79 Å². The predicted molar refractivity (Wildman–Crippen MR) is 92.5 cm³/mol. The monoisotopic (exact) mass is 340 g/mol. The Morgan fingerprint density at radius 3 is 2.88 bits per heavy atom. The maximum Gasteiger partial charge on any atom is 0.292 e. The lowest BCUT2D eigenvalue weighted by Gasteiger charge is -2.23. The highest BCUT2D eigenvalue weighted by Crippen LogP contribution is 2.31. The summed E-state index contributed by atoms with van der Waals surface area (Å²) in [6.07, 6.45) is -0.716. The van der Waals surface area contributed by atoms with Crippen molar-refractivity contribution in [3.63, 3.8) is 0 Å².